The molecular formula is C19H32ClN3O2. The highest BCUT2D eigenvalue weighted by atomic mass is 35.5. The monoisotopic (exact) mass is 369 g/mol. The van der Waals surface area contributed by atoms with Crippen molar-refractivity contribution in [3.8, 4) is 0 Å². The van der Waals surface area contributed by atoms with Crippen LogP contribution in [-0.4, -0.2) is 49.4 Å². The van der Waals surface area contributed by atoms with Crippen molar-refractivity contribution in [2.24, 2.45) is 23.2 Å². The van der Waals surface area contributed by atoms with Crippen LogP contribution in [-0.2, 0) is 9.59 Å². The van der Waals surface area contributed by atoms with Crippen molar-refractivity contribution in [3.05, 3.63) is 0 Å². The predicted octanol–water partition coefficient (Wildman–Crippen LogP) is 1.95. The molecule has 0 radical (unpaired) electrons. The smallest absolute Gasteiger partial charge is 0.242 e. The fourth-order valence-electron chi connectivity index (χ4n) is 6.29. The standard InChI is InChI=1S/C19H31N3O2.ClH/c23-17(21-13-18(24)22-4-1-2-20-3-5-22)12-19-9-14-6-15(10-19)8-16(7-14)11-19;/h14-16,20H,1-13H2,(H,21,23);1H. The minimum absolute atomic E-state index is 0. The first kappa shape index (κ1) is 19.0. The number of amides is 2. The zero-order valence-electron chi connectivity index (χ0n) is 15.1. The molecule has 2 amide bonds. The Morgan fingerprint density at radius 2 is 1.64 bits per heavy atom. The molecule has 142 valence electrons. The second-order valence-electron chi connectivity index (χ2n) is 8.86. The molecule has 0 atom stereocenters. The van der Waals surface area contributed by atoms with E-state index >= 15 is 0 Å². The fourth-order valence-corrected chi connectivity index (χ4v) is 6.29. The minimum atomic E-state index is 0. The summed E-state index contributed by atoms with van der Waals surface area (Å²) in [4.78, 5) is 26.7. The van der Waals surface area contributed by atoms with Gasteiger partial charge in [-0.25, -0.2) is 0 Å². The average Bonchev–Trinajstić information content (AvgIpc) is 2.80. The third-order valence-electron chi connectivity index (χ3n) is 6.83. The van der Waals surface area contributed by atoms with E-state index in [1.54, 1.807) is 0 Å². The maximum atomic E-state index is 12.5. The topological polar surface area (TPSA) is 61.4 Å². The highest BCUT2D eigenvalue weighted by molar-refractivity contribution is 5.85. The van der Waals surface area contributed by atoms with Gasteiger partial charge in [0.15, 0.2) is 0 Å². The van der Waals surface area contributed by atoms with E-state index in [2.05, 4.69) is 10.6 Å². The molecule has 0 aromatic rings. The summed E-state index contributed by atoms with van der Waals surface area (Å²) in [6.07, 6.45) is 9.60. The molecule has 5 nitrogen and oxygen atoms in total. The first-order chi connectivity index (χ1) is 11.6. The third-order valence-corrected chi connectivity index (χ3v) is 6.83. The van der Waals surface area contributed by atoms with E-state index in [4.69, 9.17) is 0 Å². The number of nitrogens with zero attached hydrogens (tertiary/aromatic N) is 1. The quantitative estimate of drug-likeness (QED) is 0.796. The number of carbonyl (C=O) groups is 2. The van der Waals surface area contributed by atoms with Crippen LogP contribution in [0.4, 0.5) is 0 Å². The van der Waals surface area contributed by atoms with E-state index in [-0.39, 0.29) is 36.2 Å². The van der Waals surface area contributed by atoms with Gasteiger partial charge in [-0.15, -0.1) is 12.4 Å². The third kappa shape index (κ3) is 4.30. The van der Waals surface area contributed by atoms with Crippen molar-refractivity contribution in [3.63, 3.8) is 0 Å². The van der Waals surface area contributed by atoms with E-state index < -0.39 is 0 Å². The van der Waals surface area contributed by atoms with Gasteiger partial charge in [0.2, 0.25) is 11.8 Å². The Morgan fingerprint density at radius 1 is 1.00 bits per heavy atom. The summed E-state index contributed by atoms with van der Waals surface area (Å²) in [5.41, 5.74) is 0.258. The Morgan fingerprint density at radius 3 is 2.28 bits per heavy atom. The molecule has 1 saturated heterocycles. The van der Waals surface area contributed by atoms with Crippen LogP contribution in [0, 0.1) is 23.2 Å². The molecular weight excluding hydrogens is 338 g/mol. The molecule has 25 heavy (non-hydrogen) atoms. The number of hydrogen-bond acceptors (Lipinski definition) is 3. The largest absolute Gasteiger partial charge is 0.347 e. The molecule has 5 rings (SSSR count). The highest BCUT2D eigenvalue weighted by Gasteiger charge is 2.51. The van der Waals surface area contributed by atoms with E-state index in [1.807, 2.05) is 4.90 Å². The van der Waals surface area contributed by atoms with Gasteiger partial charge < -0.3 is 15.5 Å². The highest BCUT2D eigenvalue weighted by Crippen LogP contribution is 2.61. The molecule has 0 aromatic heterocycles. The molecule has 4 bridgehead atoms. The van der Waals surface area contributed by atoms with Crippen LogP contribution in [0.25, 0.3) is 0 Å². The van der Waals surface area contributed by atoms with Crippen LogP contribution < -0.4 is 10.6 Å². The van der Waals surface area contributed by atoms with Gasteiger partial charge in [-0.05, 0) is 74.7 Å². The number of hydrogen-bond donors (Lipinski definition) is 2. The van der Waals surface area contributed by atoms with Crippen molar-refractivity contribution in [1.29, 1.82) is 0 Å². The zero-order valence-corrected chi connectivity index (χ0v) is 15.9. The fraction of sp³-hybridized carbons (Fsp3) is 0.895. The molecule has 1 heterocycles. The Bertz CT molecular complexity index is 468. The van der Waals surface area contributed by atoms with Gasteiger partial charge in [0.25, 0.3) is 0 Å². The van der Waals surface area contributed by atoms with Gasteiger partial charge in [0.05, 0.1) is 6.54 Å². The minimum Gasteiger partial charge on any atom is -0.347 e. The summed E-state index contributed by atoms with van der Waals surface area (Å²) in [5.74, 6) is 2.77. The van der Waals surface area contributed by atoms with Crippen molar-refractivity contribution >= 4 is 24.2 Å². The van der Waals surface area contributed by atoms with Crippen LogP contribution in [0.5, 0.6) is 0 Å². The number of carbonyl (C=O) groups excluding carboxylic acids is 2. The van der Waals surface area contributed by atoms with Crippen LogP contribution in [0.1, 0.15) is 51.4 Å². The lowest BCUT2D eigenvalue weighted by Gasteiger charge is -2.56. The maximum absolute atomic E-state index is 12.5. The Kier molecular flexibility index (Phi) is 5.94. The number of halogens is 1. The summed E-state index contributed by atoms with van der Waals surface area (Å²) in [7, 11) is 0. The molecule has 4 aliphatic carbocycles. The van der Waals surface area contributed by atoms with E-state index in [1.165, 1.54) is 38.5 Å². The van der Waals surface area contributed by atoms with Gasteiger partial charge in [0.1, 0.15) is 0 Å². The lowest BCUT2D eigenvalue weighted by Crippen LogP contribution is -2.49. The average molecular weight is 370 g/mol. The molecule has 5 aliphatic rings. The van der Waals surface area contributed by atoms with Crippen LogP contribution in [0.15, 0.2) is 0 Å². The van der Waals surface area contributed by atoms with Crippen molar-refractivity contribution < 1.29 is 9.59 Å². The molecule has 1 aliphatic heterocycles. The second-order valence-corrected chi connectivity index (χ2v) is 8.86. The van der Waals surface area contributed by atoms with E-state index in [0.717, 1.165) is 50.4 Å². The number of nitrogens with one attached hydrogen (secondary N) is 2. The van der Waals surface area contributed by atoms with Crippen molar-refractivity contribution in [1.82, 2.24) is 15.5 Å². The molecule has 2 N–H and O–H groups in total. The number of rotatable bonds is 4. The zero-order chi connectivity index (χ0) is 16.6. The van der Waals surface area contributed by atoms with Crippen molar-refractivity contribution in [2.75, 3.05) is 32.7 Å². The predicted molar refractivity (Wildman–Crippen MR) is 99.5 cm³/mol. The van der Waals surface area contributed by atoms with Crippen LogP contribution >= 0.6 is 12.4 Å². The first-order valence-electron chi connectivity index (χ1n) is 9.87. The Labute approximate surface area is 157 Å². The maximum Gasteiger partial charge on any atom is 0.242 e. The van der Waals surface area contributed by atoms with E-state index in [0.29, 0.717) is 6.42 Å². The normalized spacial score (nSPS) is 36.5. The van der Waals surface area contributed by atoms with Gasteiger partial charge >= 0.3 is 0 Å². The summed E-state index contributed by atoms with van der Waals surface area (Å²) >= 11 is 0. The van der Waals surface area contributed by atoms with Gasteiger partial charge in [-0.2, -0.15) is 0 Å². The summed E-state index contributed by atoms with van der Waals surface area (Å²) in [6.45, 7) is 3.56. The first-order valence-corrected chi connectivity index (χ1v) is 9.87. The van der Waals surface area contributed by atoms with Gasteiger partial charge in [-0.3, -0.25) is 9.59 Å². The Balaban J connectivity index is 0.00000182. The molecule has 0 aromatic carbocycles. The molecule has 4 saturated carbocycles. The molecule has 5 fully saturated rings. The van der Waals surface area contributed by atoms with Crippen molar-refractivity contribution in [2.45, 2.75) is 51.4 Å². The van der Waals surface area contributed by atoms with Crippen LogP contribution in [0.3, 0.4) is 0 Å². The summed E-state index contributed by atoms with van der Waals surface area (Å²) < 4.78 is 0. The SMILES string of the molecule is Cl.O=C(CC12CC3CC(CC(C3)C1)C2)NCC(=O)N1CCCNCC1. The Hall–Kier alpha value is -0.810. The van der Waals surface area contributed by atoms with Crippen LogP contribution in [0.2, 0.25) is 0 Å². The summed E-state index contributed by atoms with van der Waals surface area (Å²) in [6, 6.07) is 0. The second kappa shape index (κ2) is 7.83. The molecule has 0 spiro atoms. The van der Waals surface area contributed by atoms with E-state index in [9.17, 15) is 9.59 Å². The lowest BCUT2D eigenvalue weighted by molar-refractivity contribution is -0.135. The van der Waals surface area contributed by atoms with Gasteiger partial charge in [0, 0.05) is 26.1 Å². The lowest BCUT2D eigenvalue weighted by atomic mass is 9.49. The summed E-state index contributed by atoms with van der Waals surface area (Å²) in [5, 5.41) is 6.23. The van der Waals surface area contributed by atoms with Gasteiger partial charge in [-0.1, -0.05) is 0 Å². The molecule has 6 heteroatoms. The molecule has 0 unspecified atom stereocenters.